The summed E-state index contributed by atoms with van der Waals surface area (Å²) in [6.45, 7) is 4.22. The maximum absolute atomic E-state index is 4.60. The van der Waals surface area contributed by atoms with Gasteiger partial charge >= 0.3 is 0 Å². The van der Waals surface area contributed by atoms with Crippen LogP contribution in [0, 0.1) is 6.92 Å². The Balaban J connectivity index is 2.05. The van der Waals surface area contributed by atoms with Gasteiger partial charge in [-0.25, -0.2) is 0 Å². The number of nitrogens with zero attached hydrogens (tertiary/aromatic N) is 4. The lowest BCUT2D eigenvalue weighted by Gasteiger charge is -1.96. The molecule has 0 unspecified atom stereocenters. The molecular weight excluding hydrogens is 244 g/mol. The predicted octanol–water partition coefficient (Wildman–Crippen LogP) is 3.11. The third kappa shape index (κ3) is 1.90. The maximum Gasteiger partial charge on any atom is 0.234 e. The normalized spacial score (nSPS) is 11.2. The van der Waals surface area contributed by atoms with Gasteiger partial charge in [0, 0.05) is 12.0 Å². The van der Waals surface area contributed by atoms with Crippen LogP contribution in [0.4, 0.5) is 0 Å². The third-order valence-corrected chi connectivity index (χ3v) is 3.78. The van der Waals surface area contributed by atoms with Crippen LogP contribution >= 0.6 is 11.3 Å². The zero-order valence-corrected chi connectivity index (χ0v) is 11.2. The van der Waals surface area contributed by atoms with Crippen LogP contribution in [0.2, 0.25) is 0 Å². The smallest absolute Gasteiger partial charge is 0.187 e. The largest absolute Gasteiger partial charge is 0.234 e. The zero-order valence-electron chi connectivity index (χ0n) is 10.4. The fraction of sp³-hybridized carbons (Fsp3) is 0.308. The van der Waals surface area contributed by atoms with Gasteiger partial charge in [-0.1, -0.05) is 48.1 Å². The zero-order chi connectivity index (χ0) is 12.5. The predicted molar refractivity (Wildman–Crippen MR) is 72.8 cm³/mol. The number of aryl methyl sites for hydroxylation is 2. The molecule has 0 aliphatic heterocycles. The Morgan fingerprint density at radius 2 is 1.94 bits per heavy atom. The van der Waals surface area contributed by atoms with E-state index in [1.165, 1.54) is 5.56 Å². The van der Waals surface area contributed by atoms with Gasteiger partial charge in [0.05, 0.1) is 0 Å². The standard InChI is InChI=1S/C13H14N4S/c1-3-4-11-14-15-13-17(11)16-12(18-13)10-7-5-9(2)6-8-10/h5-8H,3-4H2,1-2H3. The van der Waals surface area contributed by atoms with Gasteiger partial charge in [0.15, 0.2) is 5.82 Å². The van der Waals surface area contributed by atoms with Crippen molar-refractivity contribution in [1.82, 2.24) is 19.8 Å². The Morgan fingerprint density at radius 3 is 2.67 bits per heavy atom. The number of hydrogen-bond donors (Lipinski definition) is 0. The number of aromatic nitrogens is 4. The molecule has 0 N–H and O–H groups in total. The molecule has 0 saturated heterocycles. The summed E-state index contributed by atoms with van der Waals surface area (Å²) in [6, 6.07) is 8.40. The second-order valence-electron chi connectivity index (χ2n) is 4.33. The maximum atomic E-state index is 4.60. The highest BCUT2D eigenvalue weighted by atomic mass is 32.1. The third-order valence-electron chi connectivity index (χ3n) is 2.83. The molecule has 0 atom stereocenters. The molecule has 0 spiro atoms. The minimum Gasteiger partial charge on any atom is -0.187 e. The first-order chi connectivity index (χ1) is 8.78. The molecule has 92 valence electrons. The van der Waals surface area contributed by atoms with Gasteiger partial charge in [-0.3, -0.25) is 0 Å². The summed E-state index contributed by atoms with van der Waals surface area (Å²) in [4.78, 5) is 0.869. The van der Waals surface area contributed by atoms with Crippen LogP contribution in [0.5, 0.6) is 0 Å². The lowest BCUT2D eigenvalue weighted by Crippen LogP contribution is -1.95. The topological polar surface area (TPSA) is 43.1 Å². The van der Waals surface area contributed by atoms with E-state index in [-0.39, 0.29) is 0 Å². The number of rotatable bonds is 3. The van der Waals surface area contributed by atoms with Crippen molar-refractivity contribution >= 4 is 16.3 Å². The summed E-state index contributed by atoms with van der Waals surface area (Å²) in [5, 5.41) is 13.9. The van der Waals surface area contributed by atoms with E-state index < -0.39 is 0 Å². The van der Waals surface area contributed by atoms with Crippen molar-refractivity contribution in [3.05, 3.63) is 35.7 Å². The van der Waals surface area contributed by atoms with Gasteiger partial charge in [0.1, 0.15) is 5.01 Å². The molecule has 0 fully saturated rings. The fourth-order valence-electron chi connectivity index (χ4n) is 1.85. The van der Waals surface area contributed by atoms with Gasteiger partial charge in [-0.2, -0.15) is 9.61 Å². The highest BCUT2D eigenvalue weighted by Gasteiger charge is 2.11. The second kappa shape index (κ2) is 4.49. The van der Waals surface area contributed by atoms with E-state index in [9.17, 15) is 0 Å². The Hall–Kier alpha value is -1.75. The van der Waals surface area contributed by atoms with Gasteiger partial charge in [-0.05, 0) is 13.3 Å². The SMILES string of the molecule is CCCc1nnc2sc(-c3ccc(C)cc3)nn12. The molecule has 0 saturated carbocycles. The Morgan fingerprint density at radius 1 is 1.17 bits per heavy atom. The van der Waals surface area contributed by atoms with Crippen molar-refractivity contribution < 1.29 is 0 Å². The number of hydrogen-bond acceptors (Lipinski definition) is 4. The molecule has 2 heterocycles. The van der Waals surface area contributed by atoms with Crippen molar-refractivity contribution in [2.45, 2.75) is 26.7 Å². The monoisotopic (exact) mass is 258 g/mol. The lowest BCUT2D eigenvalue weighted by molar-refractivity contribution is 0.778. The van der Waals surface area contributed by atoms with Crippen LogP contribution in [0.15, 0.2) is 24.3 Å². The minimum atomic E-state index is 0.869. The number of benzene rings is 1. The molecule has 2 aromatic heterocycles. The van der Waals surface area contributed by atoms with E-state index in [0.717, 1.165) is 34.2 Å². The fourth-order valence-corrected chi connectivity index (χ4v) is 2.71. The molecule has 3 aromatic rings. The van der Waals surface area contributed by atoms with Crippen molar-refractivity contribution in [3.8, 4) is 10.6 Å². The Bertz CT molecular complexity index is 666. The van der Waals surface area contributed by atoms with Crippen LogP contribution in [0.3, 0.4) is 0 Å². The van der Waals surface area contributed by atoms with Crippen molar-refractivity contribution in [2.24, 2.45) is 0 Å². The Labute approximate surface area is 109 Å². The van der Waals surface area contributed by atoms with E-state index in [1.54, 1.807) is 11.3 Å². The first-order valence-electron chi connectivity index (χ1n) is 6.06. The second-order valence-corrected chi connectivity index (χ2v) is 5.29. The summed E-state index contributed by atoms with van der Waals surface area (Å²) < 4.78 is 1.86. The average Bonchev–Trinajstić information content (AvgIpc) is 2.93. The summed E-state index contributed by atoms with van der Waals surface area (Å²) in [7, 11) is 0. The van der Waals surface area contributed by atoms with Crippen molar-refractivity contribution in [1.29, 1.82) is 0 Å². The quantitative estimate of drug-likeness (QED) is 0.725. The summed E-state index contributed by atoms with van der Waals surface area (Å²) in [5.41, 5.74) is 2.40. The molecule has 3 rings (SSSR count). The molecule has 5 heteroatoms. The molecule has 0 amide bonds. The van der Waals surface area contributed by atoms with E-state index in [4.69, 9.17) is 0 Å². The molecule has 18 heavy (non-hydrogen) atoms. The van der Waals surface area contributed by atoms with Crippen LogP contribution in [-0.2, 0) is 6.42 Å². The molecule has 0 aliphatic rings. The minimum absolute atomic E-state index is 0.869. The van der Waals surface area contributed by atoms with E-state index in [0.29, 0.717) is 0 Å². The first kappa shape index (κ1) is 11.3. The van der Waals surface area contributed by atoms with Crippen molar-refractivity contribution in [3.63, 3.8) is 0 Å². The van der Waals surface area contributed by atoms with E-state index >= 15 is 0 Å². The van der Waals surface area contributed by atoms with Gasteiger partial charge in [0.2, 0.25) is 4.96 Å². The molecule has 0 bridgehead atoms. The molecule has 0 aliphatic carbocycles. The molecule has 4 nitrogen and oxygen atoms in total. The van der Waals surface area contributed by atoms with E-state index in [2.05, 4.69) is 53.4 Å². The highest BCUT2D eigenvalue weighted by Crippen LogP contribution is 2.25. The molecule has 1 aromatic carbocycles. The van der Waals surface area contributed by atoms with Crippen LogP contribution in [0.25, 0.3) is 15.5 Å². The Kier molecular flexibility index (Phi) is 2.83. The van der Waals surface area contributed by atoms with Crippen LogP contribution < -0.4 is 0 Å². The van der Waals surface area contributed by atoms with Gasteiger partial charge in [0.25, 0.3) is 0 Å². The summed E-state index contributed by atoms with van der Waals surface area (Å²) >= 11 is 1.58. The first-order valence-corrected chi connectivity index (χ1v) is 6.87. The van der Waals surface area contributed by atoms with E-state index in [1.807, 2.05) is 4.52 Å². The summed E-state index contributed by atoms with van der Waals surface area (Å²) in [5.74, 6) is 0.946. The van der Waals surface area contributed by atoms with Crippen LogP contribution in [-0.4, -0.2) is 19.8 Å². The lowest BCUT2D eigenvalue weighted by atomic mass is 10.2. The van der Waals surface area contributed by atoms with Crippen molar-refractivity contribution in [2.75, 3.05) is 0 Å². The highest BCUT2D eigenvalue weighted by molar-refractivity contribution is 7.19. The average molecular weight is 258 g/mol. The number of fused-ring (bicyclic) bond motifs is 1. The van der Waals surface area contributed by atoms with Crippen LogP contribution in [0.1, 0.15) is 24.7 Å². The van der Waals surface area contributed by atoms with Gasteiger partial charge in [-0.15, -0.1) is 10.2 Å². The summed E-state index contributed by atoms with van der Waals surface area (Å²) in [6.07, 6.45) is 1.97. The van der Waals surface area contributed by atoms with Gasteiger partial charge < -0.3 is 0 Å². The molecular formula is C13H14N4S. The molecule has 0 radical (unpaired) electrons.